The standard InChI is InChI=1S/C19H22FNO/c1-13(2)11-15-7-9-16(10-8-15)14(3)19(22)21-18-6-4-5-17(20)12-18/h4-10,12-14H,11H2,1-3H3,(H,21,22)/t14-/m0/s1. The second-order valence-electron chi connectivity index (χ2n) is 6.06. The molecule has 0 aliphatic heterocycles. The van der Waals surface area contributed by atoms with Crippen molar-refractivity contribution in [1.82, 2.24) is 0 Å². The van der Waals surface area contributed by atoms with Crippen LogP contribution in [-0.4, -0.2) is 5.91 Å². The summed E-state index contributed by atoms with van der Waals surface area (Å²) in [5, 5.41) is 2.75. The normalized spacial score (nSPS) is 12.2. The average molecular weight is 299 g/mol. The number of anilines is 1. The number of nitrogens with one attached hydrogen (secondary N) is 1. The van der Waals surface area contributed by atoms with Gasteiger partial charge in [-0.1, -0.05) is 44.2 Å². The Balaban J connectivity index is 2.03. The number of carbonyl (C=O) groups is 1. The van der Waals surface area contributed by atoms with Crippen molar-refractivity contribution in [2.45, 2.75) is 33.1 Å². The first-order valence-corrected chi connectivity index (χ1v) is 7.61. The van der Waals surface area contributed by atoms with E-state index < -0.39 is 0 Å². The summed E-state index contributed by atoms with van der Waals surface area (Å²) < 4.78 is 13.1. The van der Waals surface area contributed by atoms with Crippen molar-refractivity contribution in [3.05, 3.63) is 65.5 Å². The molecule has 1 amide bonds. The molecule has 1 atom stereocenters. The molecule has 0 spiro atoms. The summed E-state index contributed by atoms with van der Waals surface area (Å²) in [7, 11) is 0. The molecule has 0 aliphatic carbocycles. The van der Waals surface area contributed by atoms with Gasteiger partial charge < -0.3 is 5.32 Å². The van der Waals surface area contributed by atoms with Crippen molar-refractivity contribution >= 4 is 11.6 Å². The Labute approximate surface area is 131 Å². The van der Waals surface area contributed by atoms with E-state index in [1.54, 1.807) is 12.1 Å². The molecule has 0 aliphatic rings. The minimum absolute atomic E-state index is 0.137. The molecule has 22 heavy (non-hydrogen) atoms. The summed E-state index contributed by atoms with van der Waals surface area (Å²) in [6.45, 7) is 6.22. The molecule has 2 aromatic rings. The molecule has 0 fully saturated rings. The maximum atomic E-state index is 13.1. The molecule has 3 heteroatoms. The van der Waals surface area contributed by atoms with Crippen LogP contribution in [0.4, 0.5) is 10.1 Å². The van der Waals surface area contributed by atoms with Gasteiger partial charge in [-0.3, -0.25) is 4.79 Å². The highest BCUT2D eigenvalue weighted by molar-refractivity contribution is 5.95. The largest absolute Gasteiger partial charge is 0.325 e. The third-order valence-corrected chi connectivity index (χ3v) is 3.61. The van der Waals surface area contributed by atoms with E-state index in [1.807, 2.05) is 19.1 Å². The Bertz CT molecular complexity index is 634. The van der Waals surface area contributed by atoms with E-state index >= 15 is 0 Å². The highest BCUT2D eigenvalue weighted by atomic mass is 19.1. The van der Waals surface area contributed by atoms with Crippen LogP contribution in [-0.2, 0) is 11.2 Å². The minimum atomic E-state index is -0.358. The first-order chi connectivity index (χ1) is 10.5. The van der Waals surface area contributed by atoms with Crippen molar-refractivity contribution in [2.24, 2.45) is 5.92 Å². The average Bonchev–Trinajstić information content (AvgIpc) is 2.46. The van der Waals surface area contributed by atoms with E-state index in [0.29, 0.717) is 11.6 Å². The highest BCUT2D eigenvalue weighted by Crippen LogP contribution is 2.20. The Kier molecular flexibility index (Phi) is 5.31. The fourth-order valence-electron chi connectivity index (χ4n) is 2.38. The maximum absolute atomic E-state index is 13.1. The molecule has 0 saturated heterocycles. The SMILES string of the molecule is CC(C)Cc1ccc([C@H](C)C(=O)Nc2cccc(F)c2)cc1. The van der Waals surface area contributed by atoms with E-state index in [0.717, 1.165) is 12.0 Å². The summed E-state index contributed by atoms with van der Waals surface area (Å²) in [6, 6.07) is 14.1. The molecule has 0 radical (unpaired) electrons. The Morgan fingerprint density at radius 1 is 1.09 bits per heavy atom. The van der Waals surface area contributed by atoms with E-state index in [2.05, 4.69) is 31.3 Å². The van der Waals surface area contributed by atoms with Gasteiger partial charge in [0, 0.05) is 5.69 Å². The fraction of sp³-hybridized carbons (Fsp3) is 0.316. The van der Waals surface area contributed by atoms with Crippen LogP contribution < -0.4 is 5.32 Å². The molecular formula is C19H22FNO. The minimum Gasteiger partial charge on any atom is -0.325 e. The van der Waals surface area contributed by atoms with Gasteiger partial charge in [-0.15, -0.1) is 0 Å². The molecule has 116 valence electrons. The molecule has 0 unspecified atom stereocenters. The second kappa shape index (κ2) is 7.21. The first-order valence-electron chi connectivity index (χ1n) is 7.61. The van der Waals surface area contributed by atoms with Crippen molar-refractivity contribution in [3.8, 4) is 0 Å². The molecule has 0 heterocycles. The Morgan fingerprint density at radius 3 is 2.36 bits per heavy atom. The van der Waals surface area contributed by atoms with Crippen molar-refractivity contribution < 1.29 is 9.18 Å². The number of hydrogen-bond donors (Lipinski definition) is 1. The number of hydrogen-bond acceptors (Lipinski definition) is 1. The van der Waals surface area contributed by atoms with Gasteiger partial charge in [0.25, 0.3) is 0 Å². The predicted octanol–water partition coefficient (Wildman–Crippen LogP) is 4.77. The molecule has 0 aromatic heterocycles. The first kappa shape index (κ1) is 16.2. The summed E-state index contributed by atoms with van der Waals surface area (Å²) in [5.74, 6) is -0.165. The molecule has 0 saturated carbocycles. The topological polar surface area (TPSA) is 29.1 Å². The lowest BCUT2D eigenvalue weighted by molar-refractivity contribution is -0.117. The van der Waals surface area contributed by atoms with Gasteiger partial charge in [-0.2, -0.15) is 0 Å². The lowest BCUT2D eigenvalue weighted by Crippen LogP contribution is -2.18. The third kappa shape index (κ3) is 4.42. The van der Waals surface area contributed by atoms with Crippen LogP contribution in [0, 0.1) is 11.7 Å². The molecule has 1 N–H and O–H groups in total. The zero-order valence-corrected chi connectivity index (χ0v) is 13.3. The van der Waals surface area contributed by atoms with E-state index in [-0.39, 0.29) is 17.6 Å². The van der Waals surface area contributed by atoms with Crippen molar-refractivity contribution in [3.63, 3.8) is 0 Å². The Hall–Kier alpha value is -2.16. The van der Waals surface area contributed by atoms with Gasteiger partial charge in [0.1, 0.15) is 5.82 Å². The number of amides is 1. The van der Waals surface area contributed by atoms with E-state index in [1.165, 1.54) is 17.7 Å². The zero-order chi connectivity index (χ0) is 16.1. The van der Waals surface area contributed by atoms with Gasteiger partial charge in [-0.25, -0.2) is 4.39 Å². The van der Waals surface area contributed by atoms with Crippen LogP contribution in [0.2, 0.25) is 0 Å². The quantitative estimate of drug-likeness (QED) is 0.847. The molecule has 0 bridgehead atoms. The number of benzene rings is 2. The van der Waals surface area contributed by atoms with Crippen LogP contribution in [0.3, 0.4) is 0 Å². The summed E-state index contributed by atoms with van der Waals surface area (Å²) in [4.78, 5) is 12.3. The summed E-state index contributed by atoms with van der Waals surface area (Å²) >= 11 is 0. The monoisotopic (exact) mass is 299 g/mol. The van der Waals surface area contributed by atoms with Crippen LogP contribution in [0.5, 0.6) is 0 Å². The molecule has 2 aromatic carbocycles. The lowest BCUT2D eigenvalue weighted by atomic mass is 9.96. The van der Waals surface area contributed by atoms with E-state index in [9.17, 15) is 9.18 Å². The number of rotatable bonds is 5. The predicted molar refractivity (Wildman–Crippen MR) is 88.4 cm³/mol. The Morgan fingerprint density at radius 2 is 1.77 bits per heavy atom. The maximum Gasteiger partial charge on any atom is 0.231 e. The lowest BCUT2D eigenvalue weighted by Gasteiger charge is -2.14. The third-order valence-electron chi connectivity index (χ3n) is 3.61. The van der Waals surface area contributed by atoms with Crippen LogP contribution in [0.25, 0.3) is 0 Å². The van der Waals surface area contributed by atoms with Gasteiger partial charge in [0.2, 0.25) is 5.91 Å². The highest BCUT2D eigenvalue weighted by Gasteiger charge is 2.15. The van der Waals surface area contributed by atoms with Gasteiger partial charge in [-0.05, 0) is 48.6 Å². The number of carbonyl (C=O) groups excluding carboxylic acids is 1. The van der Waals surface area contributed by atoms with Crippen LogP contribution in [0.1, 0.15) is 37.8 Å². The van der Waals surface area contributed by atoms with Gasteiger partial charge >= 0.3 is 0 Å². The summed E-state index contributed by atoms with van der Waals surface area (Å²) in [5.41, 5.74) is 2.71. The van der Waals surface area contributed by atoms with Crippen molar-refractivity contribution in [1.29, 1.82) is 0 Å². The fourth-order valence-corrected chi connectivity index (χ4v) is 2.38. The molecule has 2 rings (SSSR count). The second-order valence-corrected chi connectivity index (χ2v) is 6.06. The van der Waals surface area contributed by atoms with Crippen LogP contribution >= 0.6 is 0 Å². The van der Waals surface area contributed by atoms with Gasteiger partial charge in [0.05, 0.1) is 5.92 Å². The molecule has 2 nitrogen and oxygen atoms in total. The molecular weight excluding hydrogens is 277 g/mol. The van der Waals surface area contributed by atoms with Crippen LogP contribution in [0.15, 0.2) is 48.5 Å². The zero-order valence-electron chi connectivity index (χ0n) is 13.3. The number of halogens is 1. The summed E-state index contributed by atoms with van der Waals surface area (Å²) in [6.07, 6.45) is 1.03. The van der Waals surface area contributed by atoms with E-state index in [4.69, 9.17) is 0 Å². The smallest absolute Gasteiger partial charge is 0.231 e. The van der Waals surface area contributed by atoms with Gasteiger partial charge in [0.15, 0.2) is 0 Å². The van der Waals surface area contributed by atoms with Crippen molar-refractivity contribution in [2.75, 3.05) is 5.32 Å².